The molecule has 0 unspecified atom stereocenters. The second-order valence-corrected chi connectivity index (χ2v) is 3.63. The Labute approximate surface area is 90.3 Å². The maximum Gasteiger partial charge on any atom is 0.222 e. The van der Waals surface area contributed by atoms with Crippen molar-refractivity contribution in [2.45, 2.75) is 19.4 Å². The van der Waals surface area contributed by atoms with Crippen LogP contribution in [0.25, 0.3) is 0 Å². The fraction of sp³-hybridized carbons (Fsp3) is 0.333. The second-order valence-electron chi connectivity index (χ2n) is 3.63. The van der Waals surface area contributed by atoms with Crippen LogP contribution in [-0.2, 0) is 6.54 Å². The molecule has 0 aliphatic heterocycles. The Balaban J connectivity index is 2.71. The molecule has 0 aliphatic rings. The summed E-state index contributed by atoms with van der Waals surface area (Å²) in [6.07, 6.45) is 1.65. The molecule has 15 heavy (non-hydrogen) atoms. The highest BCUT2D eigenvalue weighted by Gasteiger charge is 2.24. The third-order valence-corrected chi connectivity index (χ3v) is 2.16. The molecule has 0 atom stereocenters. The summed E-state index contributed by atoms with van der Waals surface area (Å²) >= 11 is 0. The van der Waals surface area contributed by atoms with Gasteiger partial charge in [0.05, 0.1) is 0 Å². The Hall–Kier alpha value is -1.16. The van der Waals surface area contributed by atoms with E-state index in [0.717, 1.165) is 5.56 Å². The third kappa shape index (κ3) is 3.83. The van der Waals surface area contributed by atoms with E-state index in [1.165, 1.54) is 11.8 Å². The van der Waals surface area contributed by atoms with Crippen LogP contribution in [0.2, 0.25) is 0 Å². The zero-order valence-electron chi connectivity index (χ0n) is 8.93. The molecule has 0 aliphatic carbocycles. The van der Waals surface area contributed by atoms with Crippen molar-refractivity contribution in [3.05, 3.63) is 48.6 Å². The standard InChI is InChI=1S/C12H17NO2/c1-3-9-13(12(2,14)15)10-11-7-5-4-6-8-11/h3-8,14-15H,1,9-10H2,2H3. The summed E-state index contributed by atoms with van der Waals surface area (Å²) < 4.78 is 0. The van der Waals surface area contributed by atoms with Gasteiger partial charge in [-0.1, -0.05) is 36.4 Å². The summed E-state index contributed by atoms with van der Waals surface area (Å²) in [5.41, 5.74) is 1.04. The lowest BCUT2D eigenvalue weighted by atomic mass is 10.2. The first-order chi connectivity index (χ1) is 7.04. The van der Waals surface area contributed by atoms with Crippen LogP contribution in [0.3, 0.4) is 0 Å². The van der Waals surface area contributed by atoms with Crippen LogP contribution in [0.15, 0.2) is 43.0 Å². The van der Waals surface area contributed by atoms with Crippen LogP contribution in [-0.4, -0.2) is 27.6 Å². The minimum absolute atomic E-state index is 0.429. The largest absolute Gasteiger partial charge is 0.353 e. The molecule has 82 valence electrons. The molecule has 2 N–H and O–H groups in total. The highest BCUT2D eigenvalue weighted by Crippen LogP contribution is 2.12. The monoisotopic (exact) mass is 207 g/mol. The van der Waals surface area contributed by atoms with E-state index in [1.807, 2.05) is 30.3 Å². The second kappa shape index (κ2) is 5.07. The predicted molar refractivity (Wildman–Crippen MR) is 59.9 cm³/mol. The fourth-order valence-electron chi connectivity index (χ4n) is 1.35. The lowest BCUT2D eigenvalue weighted by Crippen LogP contribution is -2.45. The van der Waals surface area contributed by atoms with Gasteiger partial charge in [0, 0.05) is 20.0 Å². The van der Waals surface area contributed by atoms with Gasteiger partial charge in [-0.15, -0.1) is 6.58 Å². The summed E-state index contributed by atoms with van der Waals surface area (Å²) in [6, 6.07) is 9.67. The lowest BCUT2D eigenvalue weighted by Gasteiger charge is -2.31. The van der Waals surface area contributed by atoms with Crippen molar-refractivity contribution in [2.24, 2.45) is 0 Å². The third-order valence-electron chi connectivity index (χ3n) is 2.16. The molecule has 0 saturated heterocycles. The maximum absolute atomic E-state index is 9.50. The molecule has 0 aromatic heterocycles. The molecule has 0 amide bonds. The molecule has 3 nitrogen and oxygen atoms in total. The Kier molecular flexibility index (Phi) is 4.03. The molecular weight excluding hydrogens is 190 g/mol. The van der Waals surface area contributed by atoms with Gasteiger partial charge in [0.15, 0.2) is 0 Å². The predicted octanol–water partition coefficient (Wildman–Crippen LogP) is 1.33. The van der Waals surface area contributed by atoms with Crippen molar-refractivity contribution in [2.75, 3.05) is 6.54 Å². The first-order valence-corrected chi connectivity index (χ1v) is 4.88. The molecule has 0 spiro atoms. The van der Waals surface area contributed by atoms with E-state index in [-0.39, 0.29) is 0 Å². The highest BCUT2D eigenvalue weighted by atomic mass is 16.5. The summed E-state index contributed by atoms with van der Waals surface area (Å²) in [4.78, 5) is 1.52. The van der Waals surface area contributed by atoms with Crippen LogP contribution < -0.4 is 0 Å². The molecule has 0 heterocycles. The number of hydrogen-bond donors (Lipinski definition) is 2. The molecule has 0 radical (unpaired) electrons. The van der Waals surface area contributed by atoms with Crippen molar-refractivity contribution in [3.63, 3.8) is 0 Å². The lowest BCUT2D eigenvalue weighted by molar-refractivity contribution is -0.250. The first kappa shape index (κ1) is 11.9. The fourth-order valence-corrected chi connectivity index (χ4v) is 1.35. The Morgan fingerprint density at radius 3 is 2.40 bits per heavy atom. The van der Waals surface area contributed by atoms with Crippen molar-refractivity contribution in [3.8, 4) is 0 Å². The van der Waals surface area contributed by atoms with Gasteiger partial charge in [0.2, 0.25) is 5.91 Å². The van der Waals surface area contributed by atoms with E-state index in [4.69, 9.17) is 0 Å². The molecule has 3 heteroatoms. The van der Waals surface area contributed by atoms with Gasteiger partial charge < -0.3 is 10.2 Å². The summed E-state index contributed by atoms with van der Waals surface area (Å²) in [5, 5.41) is 19.0. The average molecular weight is 207 g/mol. The number of aliphatic hydroxyl groups is 2. The normalized spacial score (nSPS) is 11.7. The van der Waals surface area contributed by atoms with Gasteiger partial charge in [-0.3, -0.25) is 0 Å². The number of hydrogen-bond acceptors (Lipinski definition) is 3. The van der Waals surface area contributed by atoms with Crippen LogP contribution in [0.1, 0.15) is 12.5 Å². The van der Waals surface area contributed by atoms with Gasteiger partial charge in [-0.05, 0) is 5.56 Å². The minimum Gasteiger partial charge on any atom is -0.353 e. The smallest absolute Gasteiger partial charge is 0.222 e. The quantitative estimate of drug-likeness (QED) is 0.565. The van der Waals surface area contributed by atoms with Crippen LogP contribution in [0, 0.1) is 0 Å². The minimum atomic E-state index is -1.82. The first-order valence-electron chi connectivity index (χ1n) is 4.88. The Morgan fingerprint density at radius 1 is 1.33 bits per heavy atom. The summed E-state index contributed by atoms with van der Waals surface area (Å²) in [6.45, 7) is 5.85. The molecule has 0 saturated carbocycles. The molecule has 1 rings (SSSR count). The summed E-state index contributed by atoms with van der Waals surface area (Å²) in [7, 11) is 0. The molecule has 1 aromatic carbocycles. The number of rotatable bonds is 5. The SMILES string of the molecule is C=CCN(Cc1ccccc1)C(C)(O)O. The molecular formula is C12H17NO2. The zero-order chi connectivity index (χ0) is 11.3. The van der Waals surface area contributed by atoms with Crippen molar-refractivity contribution in [1.29, 1.82) is 0 Å². The summed E-state index contributed by atoms with van der Waals surface area (Å²) in [5.74, 6) is -1.82. The number of benzene rings is 1. The average Bonchev–Trinajstić information content (AvgIpc) is 2.17. The van der Waals surface area contributed by atoms with Gasteiger partial charge in [-0.2, -0.15) is 0 Å². The van der Waals surface area contributed by atoms with Crippen molar-refractivity contribution >= 4 is 0 Å². The Morgan fingerprint density at radius 2 is 1.93 bits per heavy atom. The van der Waals surface area contributed by atoms with E-state index in [0.29, 0.717) is 13.1 Å². The molecule has 0 bridgehead atoms. The number of nitrogens with zero attached hydrogens (tertiary/aromatic N) is 1. The molecule has 0 fully saturated rings. The van der Waals surface area contributed by atoms with Gasteiger partial charge in [-0.25, -0.2) is 4.90 Å². The maximum atomic E-state index is 9.50. The van der Waals surface area contributed by atoms with Gasteiger partial charge in [0.1, 0.15) is 0 Å². The van der Waals surface area contributed by atoms with E-state index in [1.54, 1.807) is 6.08 Å². The highest BCUT2D eigenvalue weighted by molar-refractivity contribution is 5.14. The van der Waals surface area contributed by atoms with Crippen molar-refractivity contribution in [1.82, 2.24) is 4.90 Å². The van der Waals surface area contributed by atoms with Gasteiger partial charge >= 0.3 is 0 Å². The van der Waals surface area contributed by atoms with Crippen LogP contribution in [0.4, 0.5) is 0 Å². The van der Waals surface area contributed by atoms with Crippen LogP contribution >= 0.6 is 0 Å². The topological polar surface area (TPSA) is 43.7 Å². The van der Waals surface area contributed by atoms with E-state index in [9.17, 15) is 10.2 Å². The van der Waals surface area contributed by atoms with E-state index < -0.39 is 5.91 Å². The van der Waals surface area contributed by atoms with E-state index >= 15 is 0 Å². The molecule has 1 aromatic rings. The zero-order valence-corrected chi connectivity index (χ0v) is 8.93. The Bertz CT molecular complexity index is 303. The van der Waals surface area contributed by atoms with E-state index in [2.05, 4.69) is 6.58 Å². The van der Waals surface area contributed by atoms with Gasteiger partial charge in [0.25, 0.3) is 0 Å². The van der Waals surface area contributed by atoms with Crippen molar-refractivity contribution < 1.29 is 10.2 Å². The van der Waals surface area contributed by atoms with Crippen LogP contribution in [0.5, 0.6) is 0 Å².